The second-order valence-corrected chi connectivity index (χ2v) is 4.53. The van der Waals surface area contributed by atoms with E-state index in [0.29, 0.717) is 0 Å². The second kappa shape index (κ2) is 4.90. The Morgan fingerprint density at radius 2 is 1.95 bits per heavy atom. The van der Waals surface area contributed by atoms with Crippen LogP contribution in [0.1, 0.15) is 6.92 Å². The standard InChI is InChI=1S/C12H9ClF4N2O/c1-6-5-19(18-4-7(6)12(15,16)17)10-3-11(20)8(13)2-9(10)14/h2-5,18,20H,1H3. The molecule has 0 radical (unpaired) electrons. The molecule has 8 heteroatoms. The molecule has 0 atom stereocenters. The monoisotopic (exact) mass is 308 g/mol. The largest absolute Gasteiger partial charge is 0.506 e. The first kappa shape index (κ1) is 14.5. The van der Waals surface area contributed by atoms with Crippen molar-refractivity contribution in [3.05, 3.63) is 46.5 Å². The highest BCUT2D eigenvalue weighted by Gasteiger charge is 2.36. The van der Waals surface area contributed by atoms with E-state index in [2.05, 4.69) is 5.43 Å². The average Bonchev–Trinajstić information content (AvgIpc) is 2.32. The molecular weight excluding hydrogens is 300 g/mol. The summed E-state index contributed by atoms with van der Waals surface area (Å²) in [5.74, 6) is -1.16. The van der Waals surface area contributed by atoms with Gasteiger partial charge < -0.3 is 10.5 Å². The van der Waals surface area contributed by atoms with Crippen LogP contribution in [0.15, 0.2) is 35.7 Å². The maximum atomic E-state index is 13.7. The molecule has 0 fully saturated rings. The molecule has 0 saturated carbocycles. The summed E-state index contributed by atoms with van der Waals surface area (Å²) < 4.78 is 51.6. The highest BCUT2D eigenvalue weighted by atomic mass is 35.5. The van der Waals surface area contributed by atoms with Gasteiger partial charge >= 0.3 is 6.18 Å². The van der Waals surface area contributed by atoms with Crippen LogP contribution in [0.5, 0.6) is 5.75 Å². The van der Waals surface area contributed by atoms with Gasteiger partial charge in [0.25, 0.3) is 0 Å². The number of anilines is 1. The molecule has 0 unspecified atom stereocenters. The van der Waals surface area contributed by atoms with E-state index in [1.165, 1.54) is 6.92 Å². The van der Waals surface area contributed by atoms with Crippen molar-refractivity contribution in [2.24, 2.45) is 0 Å². The molecule has 0 bridgehead atoms. The molecule has 1 aliphatic rings. The zero-order chi connectivity index (χ0) is 15.1. The van der Waals surface area contributed by atoms with E-state index in [0.717, 1.165) is 29.5 Å². The van der Waals surface area contributed by atoms with Crippen LogP contribution in [0.2, 0.25) is 5.02 Å². The summed E-state index contributed by atoms with van der Waals surface area (Å²) in [6, 6.07) is 1.89. The lowest BCUT2D eigenvalue weighted by atomic mass is 10.1. The third-order valence-corrected chi connectivity index (χ3v) is 2.98. The minimum Gasteiger partial charge on any atom is -0.506 e. The Balaban J connectivity index is 2.36. The van der Waals surface area contributed by atoms with E-state index in [1.54, 1.807) is 0 Å². The van der Waals surface area contributed by atoms with Crippen molar-refractivity contribution in [2.75, 3.05) is 5.01 Å². The van der Waals surface area contributed by atoms with Crippen LogP contribution >= 0.6 is 11.6 Å². The van der Waals surface area contributed by atoms with Crippen molar-refractivity contribution < 1.29 is 22.7 Å². The Labute approximate surface area is 116 Å². The minimum atomic E-state index is -4.50. The summed E-state index contributed by atoms with van der Waals surface area (Å²) >= 11 is 5.53. The molecule has 0 saturated heterocycles. The van der Waals surface area contributed by atoms with Crippen LogP contribution in [-0.4, -0.2) is 11.3 Å². The molecule has 0 spiro atoms. The SMILES string of the molecule is CC1=CN(c2cc(O)c(Cl)cc2F)NC=C1C(F)(F)F. The number of halogens is 5. The van der Waals surface area contributed by atoms with E-state index in [-0.39, 0.29) is 22.0 Å². The van der Waals surface area contributed by atoms with Gasteiger partial charge in [-0.1, -0.05) is 11.6 Å². The minimum absolute atomic E-state index is 0.0925. The molecule has 0 amide bonds. The number of aromatic hydroxyl groups is 1. The molecule has 2 rings (SSSR count). The number of hydrogen-bond acceptors (Lipinski definition) is 3. The number of rotatable bonds is 1. The number of hydrazine groups is 1. The Bertz CT molecular complexity index is 610. The Morgan fingerprint density at radius 3 is 2.50 bits per heavy atom. The van der Waals surface area contributed by atoms with Crippen LogP contribution < -0.4 is 10.4 Å². The number of nitrogens with zero attached hydrogens (tertiary/aromatic N) is 1. The lowest BCUT2D eigenvalue weighted by molar-refractivity contribution is -0.0899. The first-order valence-corrected chi connectivity index (χ1v) is 5.77. The van der Waals surface area contributed by atoms with Gasteiger partial charge in [0, 0.05) is 18.5 Å². The van der Waals surface area contributed by atoms with Crippen LogP contribution in [0.25, 0.3) is 0 Å². The summed E-state index contributed by atoms with van der Waals surface area (Å²) in [6.07, 6.45) is -2.70. The van der Waals surface area contributed by atoms with Crippen LogP contribution in [0, 0.1) is 5.82 Å². The average molecular weight is 309 g/mol. The highest BCUT2D eigenvalue weighted by Crippen LogP contribution is 2.35. The summed E-state index contributed by atoms with van der Waals surface area (Å²) in [5, 5.41) is 10.3. The number of alkyl halides is 3. The molecule has 1 aromatic rings. The molecule has 3 nitrogen and oxygen atoms in total. The van der Waals surface area contributed by atoms with Gasteiger partial charge in [-0.25, -0.2) is 4.39 Å². The summed E-state index contributed by atoms with van der Waals surface area (Å²) in [5.41, 5.74) is 1.19. The Kier molecular flexibility index (Phi) is 3.56. The first-order valence-electron chi connectivity index (χ1n) is 5.39. The fourth-order valence-corrected chi connectivity index (χ4v) is 1.85. The zero-order valence-electron chi connectivity index (χ0n) is 10.1. The first-order chi connectivity index (χ1) is 9.20. The smallest absolute Gasteiger partial charge is 0.418 e. The van der Waals surface area contributed by atoms with E-state index in [1.807, 2.05) is 0 Å². The van der Waals surface area contributed by atoms with Gasteiger partial charge in [-0.05, 0) is 18.6 Å². The van der Waals surface area contributed by atoms with Gasteiger partial charge in [0.1, 0.15) is 11.4 Å². The van der Waals surface area contributed by atoms with Crippen molar-refractivity contribution in [2.45, 2.75) is 13.1 Å². The van der Waals surface area contributed by atoms with E-state index in [4.69, 9.17) is 11.6 Å². The Hall–Kier alpha value is -1.89. The molecule has 1 aliphatic heterocycles. The summed E-state index contributed by atoms with van der Waals surface area (Å²) in [4.78, 5) is 0. The predicted molar refractivity (Wildman–Crippen MR) is 66.6 cm³/mol. The molecule has 20 heavy (non-hydrogen) atoms. The molecule has 1 heterocycles. The molecular formula is C12H9ClF4N2O. The summed E-state index contributed by atoms with van der Waals surface area (Å²) in [6.45, 7) is 1.25. The normalized spacial score (nSPS) is 15.6. The second-order valence-electron chi connectivity index (χ2n) is 4.12. The van der Waals surface area contributed by atoms with Crippen LogP contribution in [0.3, 0.4) is 0 Å². The van der Waals surface area contributed by atoms with Gasteiger partial charge in [0.2, 0.25) is 0 Å². The summed E-state index contributed by atoms with van der Waals surface area (Å²) in [7, 11) is 0. The molecule has 2 N–H and O–H groups in total. The number of phenolic OH excluding ortho intramolecular Hbond substituents is 1. The topological polar surface area (TPSA) is 35.5 Å². The van der Waals surface area contributed by atoms with E-state index in [9.17, 15) is 22.7 Å². The maximum absolute atomic E-state index is 13.7. The third kappa shape index (κ3) is 2.67. The van der Waals surface area contributed by atoms with Gasteiger partial charge in [-0.2, -0.15) is 13.2 Å². The maximum Gasteiger partial charge on any atom is 0.418 e. The predicted octanol–water partition coefficient (Wildman–Crippen LogP) is 3.86. The number of allylic oxidation sites excluding steroid dienone is 2. The molecule has 108 valence electrons. The van der Waals surface area contributed by atoms with Gasteiger partial charge in [0.05, 0.1) is 10.6 Å². The zero-order valence-corrected chi connectivity index (χ0v) is 10.8. The van der Waals surface area contributed by atoms with Crippen molar-refractivity contribution in [1.82, 2.24) is 5.43 Å². The van der Waals surface area contributed by atoms with Crippen LogP contribution in [-0.2, 0) is 0 Å². The lowest BCUT2D eigenvalue weighted by Gasteiger charge is -2.28. The lowest BCUT2D eigenvalue weighted by Crippen LogP contribution is -2.35. The number of nitrogens with one attached hydrogen (secondary N) is 1. The Morgan fingerprint density at radius 1 is 1.30 bits per heavy atom. The van der Waals surface area contributed by atoms with Gasteiger partial charge in [-0.15, -0.1) is 0 Å². The number of benzene rings is 1. The van der Waals surface area contributed by atoms with E-state index >= 15 is 0 Å². The fraction of sp³-hybridized carbons (Fsp3) is 0.167. The van der Waals surface area contributed by atoms with Crippen molar-refractivity contribution in [3.8, 4) is 5.75 Å². The van der Waals surface area contributed by atoms with Gasteiger partial charge in [0.15, 0.2) is 5.82 Å². The molecule has 1 aromatic carbocycles. The van der Waals surface area contributed by atoms with Crippen molar-refractivity contribution >= 4 is 17.3 Å². The quantitative estimate of drug-likeness (QED) is 0.773. The molecule has 0 aromatic heterocycles. The van der Waals surface area contributed by atoms with Gasteiger partial charge in [-0.3, -0.25) is 5.01 Å². The highest BCUT2D eigenvalue weighted by molar-refractivity contribution is 6.32. The van der Waals surface area contributed by atoms with Crippen LogP contribution in [0.4, 0.5) is 23.2 Å². The third-order valence-electron chi connectivity index (χ3n) is 2.68. The number of phenols is 1. The van der Waals surface area contributed by atoms with Crippen molar-refractivity contribution in [1.29, 1.82) is 0 Å². The fourth-order valence-electron chi connectivity index (χ4n) is 1.70. The van der Waals surface area contributed by atoms with E-state index < -0.39 is 17.6 Å². The van der Waals surface area contributed by atoms with Crippen molar-refractivity contribution in [3.63, 3.8) is 0 Å². The molecule has 0 aliphatic carbocycles. The number of hydrogen-bond donors (Lipinski definition) is 2.